The molecule has 1 aromatic rings. The molecule has 0 atom stereocenters. The summed E-state index contributed by atoms with van der Waals surface area (Å²) in [6, 6.07) is 6.46. The Morgan fingerprint density at radius 2 is 2.17 bits per heavy atom. The fourth-order valence-corrected chi connectivity index (χ4v) is 1.97. The van der Waals surface area contributed by atoms with Gasteiger partial charge in [-0.2, -0.15) is 0 Å². The molecule has 2 heteroatoms. The van der Waals surface area contributed by atoms with Crippen LogP contribution in [0.15, 0.2) is 23.1 Å². The predicted octanol–water partition coefficient (Wildman–Crippen LogP) is 2.57. The summed E-state index contributed by atoms with van der Waals surface area (Å²) >= 11 is 1.86. The van der Waals surface area contributed by atoms with Crippen molar-refractivity contribution in [2.24, 2.45) is 5.73 Å². The molecule has 0 radical (unpaired) electrons. The van der Waals surface area contributed by atoms with Crippen molar-refractivity contribution in [1.82, 2.24) is 0 Å². The number of aryl methyl sites for hydroxylation is 1. The van der Waals surface area contributed by atoms with Crippen molar-refractivity contribution in [3.63, 3.8) is 0 Å². The average Bonchev–Trinajstić information content (AvgIpc) is 2.08. The lowest BCUT2D eigenvalue weighted by Gasteiger charge is -2.06. The molecule has 0 aliphatic rings. The van der Waals surface area contributed by atoms with Gasteiger partial charge in [0.05, 0.1) is 0 Å². The SMILES string of the molecule is CCSc1ccc(C)cc1CN. The van der Waals surface area contributed by atoms with Crippen LogP contribution in [-0.2, 0) is 6.54 Å². The van der Waals surface area contributed by atoms with Gasteiger partial charge in [0.1, 0.15) is 0 Å². The lowest BCUT2D eigenvalue weighted by atomic mass is 10.1. The first-order chi connectivity index (χ1) is 5.77. The van der Waals surface area contributed by atoms with Gasteiger partial charge >= 0.3 is 0 Å². The molecule has 0 bridgehead atoms. The Hall–Kier alpha value is -0.470. The maximum atomic E-state index is 5.64. The Morgan fingerprint density at radius 3 is 2.75 bits per heavy atom. The zero-order chi connectivity index (χ0) is 8.97. The molecular formula is C10H15NS. The highest BCUT2D eigenvalue weighted by molar-refractivity contribution is 7.99. The predicted molar refractivity (Wildman–Crippen MR) is 55.5 cm³/mol. The molecule has 0 saturated carbocycles. The molecule has 1 nitrogen and oxygen atoms in total. The first kappa shape index (κ1) is 9.62. The minimum atomic E-state index is 0.643. The maximum Gasteiger partial charge on any atom is 0.0189 e. The van der Waals surface area contributed by atoms with Gasteiger partial charge in [0.2, 0.25) is 0 Å². The summed E-state index contributed by atoms with van der Waals surface area (Å²) in [5, 5.41) is 0. The fraction of sp³-hybridized carbons (Fsp3) is 0.400. The van der Waals surface area contributed by atoms with E-state index in [1.54, 1.807) is 0 Å². The summed E-state index contributed by atoms with van der Waals surface area (Å²) in [5.74, 6) is 1.11. The summed E-state index contributed by atoms with van der Waals surface area (Å²) in [4.78, 5) is 1.32. The van der Waals surface area contributed by atoms with Gasteiger partial charge in [-0.15, -0.1) is 11.8 Å². The first-order valence-corrected chi connectivity index (χ1v) is 5.19. The van der Waals surface area contributed by atoms with Crippen LogP contribution in [0.1, 0.15) is 18.1 Å². The van der Waals surface area contributed by atoms with Crippen molar-refractivity contribution in [1.29, 1.82) is 0 Å². The molecule has 0 heterocycles. The number of thioether (sulfide) groups is 1. The van der Waals surface area contributed by atoms with Gasteiger partial charge in [0.15, 0.2) is 0 Å². The summed E-state index contributed by atoms with van der Waals surface area (Å²) in [6.07, 6.45) is 0. The summed E-state index contributed by atoms with van der Waals surface area (Å²) < 4.78 is 0. The summed E-state index contributed by atoms with van der Waals surface area (Å²) in [5.41, 5.74) is 8.19. The van der Waals surface area contributed by atoms with Crippen molar-refractivity contribution in [2.45, 2.75) is 25.3 Å². The minimum Gasteiger partial charge on any atom is -0.326 e. The quantitative estimate of drug-likeness (QED) is 0.725. The molecule has 0 fully saturated rings. The van der Waals surface area contributed by atoms with Gasteiger partial charge in [0.25, 0.3) is 0 Å². The number of hydrogen-bond acceptors (Lipinski definition) is 2. The highest BCUT2D eigenvalue weighted by Crippen LogP contribution is 2.22. The van der Waals surface area contributed by atoms with Crippen molar-refractivity contribution in [3.8, 4) is 0 Å². The molecule has 66 valence electrons. The average molecular weight is 181 g/mol. The van der Waals surface area contributed by atoms with Gasteiger partial charge in [-0.3, -0.25) is 0 Å². The van der Waals surface area contributed by atoms with Crippen LogP contribution in [0.3, 0.4) is 0 Å². The molecule has 0 aromatic heterocycles. The lowest BCUT2D eigenvalue weighted by Crippen LogP contribution is -1.98. The molecule has 12 heavy (non-hydrogen) atoms. The third kappa shape index (κ3) is 2.26. The maximum absolute atomic E-state index is 5.64. The van der Waals surface area contributed by atoms with E-state index in [-0.39, 0.29) is 0 Å². The Kier molecular flexibility index (Phi) is 3.63. The zero-order valence-corrected chi connectivity index (χ0v) is 8.45. The van der Waals surface area contributed by atoms with Crippen LogP contribution in [0.4, 0.5) is 0 Å². The molecule has 0 amide bonds. The zero-order valence-electron chi connectivity index (χ0n) is 7.63. The monoisotopic (exact) mass is 181 g/mol. The molecule has 1 aromatic carbocycles. The Morgan fingerprint density at radius 1 is 1.42 bits per heavy atom. The molecule has 0 spiro atoms. The second-order valence-corrected chi connectivity index (χ2v) is 4.05. The van der Waals surface area contributed by atoms with E-state index in [0.29, 0.717) is 6.54 Å². The highest BCUT2D eigenvalue weighted by Gasteiger charge is 1.99. The van der Waals surface area contributed by atoms with Crippen LogP contribution in [0, 0.1) is 6.92 Å². The standard InChI is InChI=1S/C10H15NS/c1-3-12-10-5-4-8(2)6-9(10)7-11/h4-6H,3,7,11H2,1-2H3. The van der Waals surface area contributed by atoms with E-state index in [0.717, 1.165) is 5.75 Å². The van der Waals surface area contributed by atoms with Crippen LogP contribution in [0.25, 0.3) is 0 Å². The molecule has 0 unspecified atom stereocenters. The van der Waals surface area contributed by atoms with E-state index in [1.807, 2.05) is 11.8 Å². The lowest BCUT2D eigenvalue weighted by molar-refractivity contribution is 1.02. The number of benzene rings is 1. The van der Waals surface area contributed by atoms with Gasteiger partial charge < -0.3 is 5.73 Å². The van der Waals surface area contributed by atoms with E-state index in [9.17, 15) is 0 Å². The Labute approximate surface area is 78.4 Å². The van der Waals surface area contributed by atoms with Gasteiger partial charge in [-0.25, -0.2) is 0 Å². The van der Waals surface area contributed by atoms with Crippen molar-refractivity contribution in [3.05, 3.63) is 29.3 Å². The van der Waals surface area contributed by atoms with Crippen molar-refractivity contribution in [2.75, 3.05) is 5.75 Å². The normalized spacial score (nSPS) is 10.2. The van der Waals surface area contributed by atoms with E-state index in [4.69, 9.17) is 5.73 Å². The Bertz CT molecular complexity index is 258. The molecular weight excluding hydrogens is 166 g/mol. The molecule has 1 rings (SSSR count). The van der Waals surface area contributed by atoms with Crippen LogP contribution < -0.4 is 5.73 Å². The first-order valence-electron chi connectivity index (χ1n) is 4.20. The third-order valence-corrected chi connectivity index (χ3v) is 2.73. The fourth-order valence-electron chi connectivity index (χ4n) is 1.16. The van der Waals surface area contributed by atoms with Crippen molar-refractivity contribution >= 4 is 11.8 Å². The third-order valence-electron chi connectivity index (χ3n) is 1.74. The van der Waals surface area contributed by atoms with E-state index in [2.05, 4.69) is 32.0 Å². The van der Waals surface area contributed by atoms with Gasteiger partial charge in [0, 0.05) is 11.4 Å². The number of hydrogen-bond donors (Lipinski definition) is 1. The molecule has 2 N–H and O–H groups in total. The number of rotatable bonds is 3. The molecule has 0 aliphatic heterocycles. The van der Waals surface area contributed by atoms with Crippen molar-refractivity contribution < 1.29 is 0 Å². The second-order valence-electron chi connectivity index (χ2n) is 2.75. The smallest absolute Gasteiger partial charge is 0.0189 e. The molecule has 0 saturated heterocycles. The number of nitrogens with two attached hydrogens (primary N) is 1. The van der Waals surface area contributed by atoms with Crippen LogP contribution in [0.5, 0.6) is 0 Å². The topological polar surface area (TPSA) is 26.0 Å². The van der Waals surface area contributed by atoms with E-state index < -0.39 is 0 Å². The minimum absolute atomic E-state index is 0.643. The highest BCUT2D eigenvalue weighted by atomic mass is 32.2. The summed E-state index contributed by atoms with van der Waals surface area (Å²) in [7, 11) is 0. The second kappa shape index (κ2) is 4.53. The van der Waals surface area contributed by atoms with E-state index in [1.165, 1.54) is 16.0 Å². The van der Waals surface area contributed by atoms with E-state index >= 15 is 0 Å². The van der Waals surface area contributed by atoms with Crippen LogP contribution in [0.2, 0.25) is 0 Å². The van der Waals surface area contributed by atoms with Gasteiger partial charge in [-0.1, -0.05) is 24.6 Å². The van der Waals surface area contributed by atoms with Crippen LogP contribution in [-0.4, -0.2) is 5.75 Å². The van der Waals surface area contributed by atoms with Crippen LogP contribution >= 0.6 is 11.8 Å². The molecule has 0 aliphatic carbocycles. The van der Waals surface area contributed by atoms with Gasteiger partial charge in [-0.05, 0) is 24.3 Å². The largest absolute Gasteiger partial charge is 0.326 e. The summed E-state index contributed by atoms with van der Waals surface area (Å²) in [6.45, 7) is 4.90. The Balaban J connectivity index is 2.94.